The van der Waals surface area contributed by atoms with Gasteiger partial charge in [-0.3, -0.25) is 14.4 Å². The largest absolute Gasteiger partial charge is 0.460 e. The molecule has 196 valence electrons. The van der Waals surface area contributed by atoms with E-state index < -0.39 is 29.4 Å². The van der Waals surface area contributed by atoms with Crippen LogP contribution in [0, 0.1) is 11.3 Å². The number of benzene rings is 2. The number of carbonyl (C=O) groups excluding carboxylic acids is 3. The highest BCUT2D eigenvalue weighted by molar-refractivity contribution is 6.13. The summed E-state index contributed by atoms with van der Waals surface area (Å²) in [5.41, 5.74) is 0.489. The van der Waals surface area contributed by atoms with Crippen LogP contribution in [-0.2, 0) is 30.5 Å². The molecule has 7 nitrogen and oxygen atoms in total. The molecule has 4 rings (SSSR count). The molecule has 2 saturated heterocycles. The number of piperidine rings is 1. The number of nitrogens with zero attached hydrogens (tertiary/aromatic N) is 1. The number of rotatable bonds is 8. The maximum absolute atomic E-state index is 13.3. The first-order valence-corrected chi connectivity index (χ1v) is 13.0. The van der Waals surface area contributed by atoms with Crippen LogP contribution in [-0.4, -0.2) is 54.4 Å². The van der Waals surface area contributed by atoms with Crippen molar-refractivity contribution in [3.63, 3.8) is 0 Å². The minimum atomic E-state index is -1.63. The summed E-state index contributed by atoms with van der Waals surface area (Å²) in [5.74, 6) is -0.766. The van der Waals surface area contributed by atoms with Crippen LogP contribution in [0.5, 0.6) is 0 Å². The van der Waals surface area contributed by atoms with Crippen LogP contribution >= 0.6 is 0 Å². The van der Waals surface area contributed by atoms with Crippen LogP contribution in [0.2, 0.25) is 0 Å². The van der Waals surface area contributed by atoms with Crippen molar-refractivity contribution < 1.29 is 23.9 Å². The Bertz CT molecular complexity index is 1110. The summed E-state index contributed by atoms with van der Waals surface area (Å²) in [6.07, 6.45) is 0.218. The summed E-state index contributed by atoms with van der Waals surface area (Å²) in [4.78, 5) is 41.7. The van der Waals surface area contributed by atoms with Gasteiger partial charge in [0, 0.05) is 30.9 Å². The number of hydrogen-bond donors (Lipinski definition) is 1. The van der Waals surface area contributed by atoms with E-state index in [2.05, 4.69) is 11.9 Å². The van der Waals surface area contributed by atoms with Gasteiger partial charge in [0.1, 0.15) is 6.61 Å². The van der Waals surface area contributed by atoms with Crippen molar-refractivity contribution in [2.24, 2.45) is 11.3 Å². The van der Waals surface area contributed by atoms with E-state index in [0.29, 0.717) is 19.0 Å². The molecule has 3 atom stereocenters. The van der Waals surface area contributed by atoms with Gasteiger partial charge in [0.25, 0.3) is 0 Å². The average molecular weight is 505 g/mol. The fourth-order valence-corrected chi connectivity index (χ4v) is 4.97. The Hall–Kier alpha value is -3.45. The smallest absolute Gasteiger partial charge is 0.322 e. The first-order chi connectivity index (χ1) is 17.8. The van der Waals surface area contributed by atoms with E-state index in [1.54, 1.807) is 6.92 Å². The van der Waals surface area contributed by atoms with Gasteiger partial charge in [0.05, 0.1) is 18.6 Å². The van der Waals surface area contributed by atoms with Gasteiger partial charge in [-0.15, -0.1) is 0 Å². The van der Waals surface area contributed by atoms with Gasteiger partial charge in [0.2, 0.25) is 5.91 Å². The zero-order valence-electron chi connectivity index (χ0n) is 21.7. The van der Waals surface area contributed by atoms with Crippen LogP contribution < -0.4 is 5.32 Å². The van der Waals surface area contributed by atoms with Crippen LogP contribution in [0.25, 0.3) is 0 Å². The van der Waals surface area contributed by atoms with Gasteiger partial charge in [-0.2, -0.15) is 0 Å². The number of ketones is 1. The predicted molar refractivity (Wildman–Crippen MR) is 142 cm³/mol. The van der Waals surface area contributed by atoms with Crippen LogP contribution in [0.4, 0.5) is 5.69 Å². The number of esters is 1. The zero-order chi connectivity index (χ0) is 26.4. The highest BCUT2D eigenvalue weighted by Gasteiger charge is 2.55. The first kappa shape index (κ1) is 26.6. The van der Waals surface area contributed by atoms with E-state index in [1.165, 1.54) is 6.92 Å². The van der Waals surface area contributed by atoms with Crippen LogP contribution in [0.1, 0.15) is 38.7 Å². The molecule has 2 aliphatic rings. The lowest BCUT2D eigenvalue weighted by Crippen LogP contribution is -2.56. The molecule has 2 aliphatic heterocycles. The molecule has 2 aromatic carbocycles. The van der Waals surface area contributed by atoms with Gasteiger partial charge in [0.15, 0.2) is 11.2 Å². The number of anilines is 1. The standard InChI is InChI=1S/C30H36N2O5/c1-21-22(2)37-26(30(3,28(21)34)29(35)36-20-24-10-6-4-7-11-24)18-27(33)32-16-14-23(15-17-32)19-31-25-12-8-5-9-13-25/h4-13,22-23,26,31H,1,14-20H2,2-3H3/t22-,26+,30?/m0/s1. The summed E-state index contributed by atoms with van der Waals surface area (Å²) >= 11 is 0. The lowest BCUT2D eigenvalue weighted by atomic mass is 9.72. The van der Waals surface area contributed by atoms with Gasteiger partial charge < -0.3 is 19.7 Å². The maximum atomic E-state index is 13.3. The SMILES string of the molecule is C=C1C(=O)C(C)(C(=O)OCc2ccccc2)[C@@H](CC(=O)N2CCC(CNc3ccccc3)CC2)O[C@H]1C. The molecule has 37 heavy (non-hydrogen) atoms. The van der Waals surface area contributed by atoms with Crippen molar-refractivity contribution >= 4 is 23.3 Å². The van der Waals surface area contributed by atoms with E-state index >= 15 is 0 Å². The Morgan fingerprint density at radius 3 is 2.35 bits per heavy atom. The summed E-state index contributed by atoms with van der Waals surface area (Å²) < 4.78 is 11.6. The molecule has 7 heteroatoms. The Kier molecular flexibility index (Phi) is 8.44. The number of hydrogen-bond acceptors (Lipinski definition) is 6. The molecular formula is C30H36N2O5. The highest BCUT2D eigenvalue weighted by Crippen LogP contribution is 2.39. The number of nitrogens with one attached hydrogen (secondary N) is 1. The Morgan fingerprint density at radius 2 is 1.70 bits per heavy atom. The molecule has 0 bridgehead atoms. The van der Waals surface area contributed by atoms with Crippen molar-refractivity contribution in [3.05, 3.63) is 78.4 Å². The Labute approximate surface area is 218 Å². The van der Waals surface area contributed by atoms with Gasteiger partial charge in [-0.1, -0.05) is 55.1 Å². The molecule has 0 aromatic heterocycles. The third kappa shape index (κ3) is 6.10. The number of ether oxygens (including phenoxy) is 2. The molecule has 0 spiro atoms. The van der Waals surface area contributed by atoms with Crippen molar-refractivity contribution in [3.8, 4) is 0 Å². The third-order valence-corrected chi connectivity index (χ3v) is 7.60. The quantitative estimate of drug-likeness (QED) is 0.326. The summed E-state index contributed by atoms with van der Waals surface area (Å²) in [5, 5.41) is 3.46. The second-order valence-corrected chi connectivity index (χ2v) is 10.2. The van der Waals surface area contributed by atoms with Crippen LogP contribution in [0.15, 0.2) is 72.8 Å². The van der Waals surface area contributed by atoms with Crippen molar-refractivity contribution in [1.82, 2.24) is 4.90 Å². The summed E-state index contributed by atoms with van der Waals surface area (Å²) in [7, 11) is 0. The van der Waals surface area contributed by atoms with E-state index in [1.807, 2.05) is 65.6 Å². The monoisotopic (exact) mass is 504 g/mol. The highest BCUT2D eigenvalue weighted by atomic mass is 16.5. The second kappa shape index (κ2) is 11.7. The van der Waals surface area contributed by atoms with E-state index in [9.17, 15) is 14.4 Å². The fraction of sp³-hybridized carbons (Fsp3) is 0.433. The van der Waals surface area contributed by atoms with E-state index in [4.69, 9.17) is 9.47 Å². The van der Waals surface area contributed by atoms with Crippen molar-refractivity contribution in [2.45, 2.75) is 51.9 Å². The maximum Gasteiger partial charge on any atom is 0.322 e. The van der Waals surface area contributed by atoms with E-state index in [0.717, 1.165) is 30.6 Å². The Morgan fingerprint density at radius 1 is 1.08 bits per heavy atom. The third-order valence-electron chi connectivity index (χ3n) is 7.60. The lowest BCUT2D eigenvalue weighted by Gasteiger charge is -2.42. The normalized spacial score (nSPS) is 24.5. The molecular weight excluding hydrogens is 468 g/mol. The molecule has 2 fully saturated rings. The van der Waals surface area contributed by atoms with Crippen molar-refractivity contribution in [1.29, 1.82) is 0 Å². The van der Waals surface area contributed by atoms with E-state index in [-0.39, 0.29) is 24.5 Å². The zero-order valence-corrected chi connectivity index (χ0v) is 21.7. The number of Topliss-reactive ketones (excluding diaryl/α,β-unsaturated/α-hetero) is 1. The molecule has 1 amide bonds. The molecule has 0 saturated carbocycles. The summed E-state index contributed by atoms with van der Waals surface area (Å²) in [6.45, 7) is 9.24. The molecule has 2 heterocycles. The second-order valence-electron chi connectivity index (χ2n) is 10.2. The van der Waals surface area contributed by atoms with Crippen molar-refractivity contribution in [2.75, 3.05) is 25.0 Å². The first-order valence-electron chi connectivity index (χ1n) is 13.0. The fourth-order valence-electron chi connectivity index (χ4n) is 4.97. The van der Waals surface area contributed by atoms with Gasteiger partial charge >= 0.3 is 5.97 Å². The predicted octanol–water partition coefficient (Wildman–Crippen LogP) is 4.39. The van der Waals surface area contributed by atoms with Gasteiger partial charge in [-0.05, 0) is 50.3 Å². The Balaban J connectivity index is 1.36. The van der Waals surface area contributed by atoms with Gasteiger partial charge in [-0.25, -0.2) is 0 Å². The molecule has 2 aromatic rings. The average Bonchev–Trinajstić information content (AvgIpc) is 2.93. The summed E-state index contributed by atoms with van der Waals surface area (Å²) in [6, 6.07) is 19.3. The molecule has 0 radical (unpaired) electrons. The molecule has 1 N–H and O–H groups in total. The minimum absolute atomic E-state index is 0.0375. The topological polar surface area (TPSA) is 84.9 Å². The lowest BCUT2D eigenvalue weighted by molar-refractivity contribution is -0.179. The number of likely N-dealkylation sites (tertiary alicyclic amines) is 1. The number of amides is 1. The number of carbonyl (C=O) groups is 3. The molecule has 1 unspecified atom stereocenters. The minimum Gasteiger partial charge on any atom is -0.460 e. The number of para-hydroxylation sites is 1. The van der Waals surface area contributed by atoms with Crippen LogP contribution in [0.3, 0.4) is 0 Å². The molecule has 0 aliphatic carbocycles.